The summed E-state index contributed by atoms with van der Waals surface area (Å²) in [7, 11) is -3.55. The Kier molecular flexibility index (Phi) is 5.55. The molecule has 1 aromatic carbocycles. The molecular formula is C11H15BrFNO2S. The Labute approximate surface area is 110 Å². The maximum Gasteiger partial charge on any atom is 0.241 e. The number of sulfonamides is 1. The van der Waals surface area contributed by atoms with Gasteiger partial charge in [-0.3, -0.25) is 0 Å². The van der Waals surface area contributed by atoms with E-state index in [2.05, 4.69) is 20.7 Å². The van der Waals surface area contributed by atoms with Crippen LogP contribution in [0.4, 0.5) is 4.39 Å². The molecule has 0 saturated heterocycles. The molecule has 0 unspecified atom stereocenters. The van der Waals surface area contributed by atoms with Crippen LogP contribution in [0.1, 0.15) is 26.2 Å². The highest BCUT2D eigenvalue weighted by Gasteiger charge is 2.17. The molecule has 0 bridgehead atoms. The summed E-state index contributed by atoms with van der Waals surface area (Å²) in [5, 5.41) is 0. The van der Waals surface area contributed by atoms with E-state index in [1.165, 1.54) is 6.07 Å². The predicted molar refractivity (Wildman–Crippen MR) is 68.8 cm³/mol. The van der Waals surface area contributed by atoms with Crippen LogP contribution in [-0.4, -0.2) is 15.0 Å². The molecular weight excluding hydrogens is 309 g/mol. The van der Waals surface area contributed by atoms with Gasteiger partial charge >= 0.3 is 0 Å². The Balaban J connectivity index is 2.76. The third-order valence-electron chi connectivity index (χ3n) is 2.26. The van der Waals surface area contributed by atoms with Crippen molar-refractivity contribution < 1.29 is 12.8 Å². The zero-order valence-corrected chi connectivity index (χ0v) is 11.9. The first-order chi connectivity index (χ1) is 7.97. The number of hydrogen-bond acceptors (Lipinski definition) is 2. The summed E-state index contributed by atoms with van der Waals surface area (Å²) in [6.07, 6.45) is 2.81. The van der Waals surface area contributed by atoms with E-state index in [9.17, 15) is 12.8 Å². The summed E-state index contributed by atoms with van der Waals surface area (Å²) in [5.74, 6) is -0.471. The van der Waals surface area contributed by atoms with Crippen LogP contribution in [0.25, 0.3) is 0 Å². The first-order valence-electron chi connectivity index (χ1n) is 5.42. The van der Waals surface area contributed by atoms with E-state index < -0.39 is 15.8 Å². The van der Waals surface area contributed by atoms with E-state index in [1.807, 2.05) is 6.92 Å². The third kappa shape index (κ3) is 4.37. The van der Waals surface area contributed by atoms with Crippen molar-refractivity contribution in [3.8, 4) is 0 Å². The lowest BCUT2D eigenvalue weighted by Gasteiger charge is -2.08. The highest BCUT2D eigenvalue weighted by Crippen LogP contribution is 2.22. The lowest BCUT2D eigenvalue weighted by molar-refractivity contribution is 0.574. The molecule has 0 aromatic heterocycles. The molecule has 1 rings (SSSR count). The van der Waals surface area contributed by atoms with E-state index >= 15 is 0 Å². The molecule has 0 heterocycles. The summed E-state index contributed by atoms with van der Waals surface area (Å²) < 4.78 is 39.3. The number of rotatable bonds is 6. The van der Waals surface area contributed by atoms with Gasteiger partial charge in [0.15, 0.2) is 0 Å². The maximum atomic E-state index is 12.8. The summed E-state index contributed by atoms with van der Waals surface area (Å²) in [5.41, 5.74) is 0. The van der Waals surface area contributed by atoms with Crippen molar-refractivity contribution in [2.75, 3.05) is 6.54 Å². The highest BCUT2D eigenvalue weighted by atomic mass is 79.9. The zero-order valence-electron chi connectivity index (χ0n) is 9.54. The van der Waals surface area contributed by atoms with Gasteiger partial charge in [-0.2, -0.15) is 0 Å². The molecule has 0 spiro atoms. The molecule has 17 heavy (non-hydrogen) atoms. The van der Waals surface area contributed by atoms with Gasteiger partial charge in [-0.15, -0.1) is 0 Å². The van der Waals surface area contributed by atoms with Crippen LogP contribution < -0.4 is 4.72 Å². The molecule has 1 aromatic rings. The maximum absolute atomic E-state index is 12.8. The van der Waals surface area contributed by atoms with Gasteiger partial charge in [0, 0.05) is 11.0 Å². The smallest absolute Gasteiger partial charge is 0.211 e. The fourth-order valence-corrected chi connectivity index (χ4v) is 3.47. The van der Waals surface area contributed by atoms with Gasteiger partial charge in [0.1, 0.15) is 5.82 Å². The van der Waals surface area contributed by atoms with Crippen molar-refractivity contribution in [1.29, 1.82) is 0 Å². The second kappa shape index (κ2) is 6.47. The average molecular weight is 324 g/mol. The number of benzene rings is 1. The van der Waals surface area contributed by atoms with Crippen molar-refractivity contribution in [3.05, 3.63) is 28.5 Å². The molecule has 3 nitrogen and oxygen atoms in total. The molecule has 0 aliphatic carbocycles. The van der Waals surface area contributed by atoms with Crippen LogP contribution in [-0.2, 0) is 10.0 Å². The topological polar surface area (TPSA) is 46.2 Å². The van der Waals surface area contributed by atoms with E-state index in [0.29, 0.717) is 6.54 Å². The minimum atomic E-state index is -3.55. The van der Waals surface area contributed by atoms with Crippen molar-refractivity contribution in [2.45, 2.75) is 31.1 Å². The number of unbranched alkanes of at least 4 members (excludes halogenated alkanes) is 2. The molecule has 0 amide bonds. The lowest BCUT2D eigenvalue weighted by atomic mass is 10.3. The van der Waals surface area contributed by atoms with Gasteiger partial charge in [0.25, 0.3) is 0 Å². The number of hydrogen-bond donors (Lipinski definition) is 1. The molecule has 0 aliphatic rings. The van der Waals surface area contributed by atoms with Gasteiger partial charge in [-0.1, -0.05) is 19.8 Å². The fraction of sp³-hybridized carbons (Fsp3) is 0.455. The molecule has 0 atom stereocenters. The first-order valence-corrected chi connectivity index (χ1v) is 7.69. The lowest BCUT2D eigenvalue weighted by Crippen LogP contribution is -2.25. The van der Waals surface area contributed by atoms with Gasteiger partial charge in [-0.05, 0) is 40.5 Å². The standard InChI is InChI=1S/C11H15BrFNO2S/c1-2-3-4-7-14-17(15,16)11-6-5-9(13)8-10(11)12/h5-6,8,14H,2-4,7H2,1H3. The molecule has 0 saturated carbocycles. The minimum Gasteiger partial charge on any atom is -0.211 e. The monoisotopic (exact) mass is 323 g/mol. The largest absolute Gasteiger partial charge is 0.241 e. The Morgan fingerprint density at radius 2 is 2.06 bits per heavy atom. The second-order valence-corrected chi connectivity index (χ2v) is 6.27. The van der Waals surface area contributed by atoms with Crippen molar-refractivity contribution in [2.24, 2.45) is 0 Å². The Morgan fingerprint density at radius 3 is 2.65 bits per heavy atom. The Bertz CT molecular complexity index is 476. The second-order valence-electron chi connectivity index (χ2n) is 3.68. The van der Waals surface area contributed by atoms with Crippen LogP contribution >= 0.6 is 15.9 Å². The van der Waals surface area contributed by atoms with Crippen molar-refractivity contribution in [1.82, 2.24) is 4.72 Å². The van der Waals surface area contributed by atoms with Crippen molar-refractivity contribution in [3.63, 3.8) is 0 Å². The van der Waals surface area contributed by atoms with Crippen LogP contribution in [0.15, 0.2) is 27.6 Å². The molecule has 96 valence electrons. The van der Waals surface area contributed by atoms with Crippen LogP contribution in [0.5, 0.6) is 0 Å². The summed E-state index contributed by atoms with van der Waals surface area (Å²) in [6, 6.07) is 3.52. The summed E-state index contributed by atoms with van der Waals surface area (Å²) in [6.45, 7) is 2.45. The first kappa shape index (κ1) is 14.6. The summed E-state index contributed by atoms with van der Waals surface area (Å²) in [4.78, 5) is 0.0652. The van der Waals surface area contributed by atoms with Gasteiger partial charge < -0.3 is 0 Å². The van der Waals surface area contributed by atoms with Crippen LogP contribution in [0.2, 0.25) is 0 Å². The molecule has 0 aliphatic heterocycles. The minimum absolute atomic E-state index is 0.0652. The molecule has 0 radical (unpaired) electrons. The highest BCUT2D eigenvalue weighted by molar-refractivity contribution is 9.10. The van der Waals surface area contributed by atoms with E-state index in [4.69, 9.17) is 0 Å². The Morgan fingerprint density at radius 1 is 1.35 bits per heavy atom. The number of nitrogens with one attached hydrogen (secondary N) is 1. The quantitative estimate of drug-likeness (QED) is 0.818. The van der Waals surface area contributed by atoms with E-state index in [0.717, 1.165) is 31.4 Å². The number of halogens is 2. The molecule has 1 N–H and O–H groups in total. The van der Waals surface area contributed by atoms with Gasteiger partial charge in [0.2, 0.25) is 10.0 Å². The summed E-state index contributed by atoms with van der Waals surface area (Å²) >= 11 is 3.05. The fourth-order valence-electron chi connectivity index (χ4n) is 1.35. The van der Waals surface area contributed by atoms with Gasteiger partial charge in [-0.25, -0.2) is 17.5 Å². The van der Waals surface area contributed by atoms with Crippen molar-refractivity contribution >= 4 is 26.0 Å². The Hall–Kier alpha value is -0.460. The van der Waals surface area contributed by atoms with Crippen LogP contribution in [0.3, 0.4) is 0 Å². The zero-order chi connectivity index (χ0) is 12.9. The van der Waals surface area contributed by atoms with Gasteiger partial charge in [0.05, 0.1) is 4.90 Å². The normalized spacial score (nSPS) is 11.7. The van der Waals surface area contributed by atoms with E-state index in [1.54, 1.807) is 0 Å². The molecule has 6 heteroatoms. The van der Waals surface area contributed by atoms with E-state index in [-0.39, 0.29) is 9.37 Å². The predicted octanol–water partition coefficient (Wildman–Crippen LogP) is 3.06. The molecule has 0 fully saturated rings. The average Bonchev–Trinajstić information content (AvgIpc) is 2.24. The van der Waals surface area contributed by atoms with Crippen LogP contribution in [0, 0.1) is 5.82 Å². The third-order valence-corrected chi connectivity index (χ3v) is 4.69. The SMILES string of the molecule is CCCCCNS(=O)(=O)c1ccc(F)cc1Br.